The number of furan rings is 1. The van der Waals surface area contributed by atoms with Crippen LogP contribution in [0, 0.1) is 10.1 Å². The number of rotatable bonds is 5. The van der Waals surface area contributed by atoms with Crippen LogP contribution in [-0.2, 0) is 9.59 Å². The molecule has 1 N–H and O–H groups in total. The Balaban J connectivity index is 1.96. The van der Waals surface area contributed by atoms with Crippen molar-refractivity contribution in [2.75, 3.05) is 6.54 Å². The van der Waals surface area contributed by atoms with E-state index in [-0.39, 0.29) is 34.4 Å². The van der Waals surface area contributed by atoms with E-state index in [9.17, 15) is 19.7 Å². The summed E-state index contributed by atoms with van der Waals surface area (Å²) < 4.78 is 5.60. The number of nitro groups is 1. The Morgan fingerprint density at radius 2 is 2.00 bits per heavy atom. The predicted octanol–water partition coefficient (Wildman–Crippen LogP) is 2.67. The lowest BCUT2D eigenvalue weighted by atomic mass is 10.1. The van der Waals surface area contributed by atoms with Gasteiger partial charge in [-0.05, 0) is 36.5 Å². The van der Waals surface area contributed by atoms with Gasteiger partial charge in [-0.25, -0.2) is 0 Å². The number of hydrogen-bond acceptors (Lipinski definition) is 6. The fourth-order valence-corrected chi connectivity index (χ4v) is 2.80. The summed E-state index contributed by atoms with van der Waals surface area (Å²) in [5.41, 5.74) is 0.0231. The number of thiocarbonyl (C=S) groups is 1. The fraction of sp³-hybridized carbons (Fsp3) is 0.0556. The molecule has 2 aromatic rings. The first-order valence-electron chi connectivity index (χ1n) is 7.75. The van der Waals surface area contributed by atoms with E-state index in [4.69, 9.17) is 16.6 Å². The first kappa shape index (κ1) is 18.2. The van der Waals surface area contributed by atoms with Crippen molar-refractivity contribution < 1.29 is 18.9 Å². The molecule has 1 aliphatic heterocycles. The normalized spacial score (nSPS) is 15.8. The number of para-hydroxylation sites is 1. The molecule has 0 unspecified atom stereocenters. The van der Waals surface area contributed by atoms with E-state index < -0.39 is 16.7 Å². The molecule has 0 bridgehead atoms. The van der Waals surface area contributed by atoms with Crippen molar-refractivity contribution in [1.29, 1.82) is 0 Å². The molecule has 2 heterocycles. The number of nitrogens with one attached hydrogen (secondary N) is 1. The van der Waals surface area contributed by atoms with E-state index in [1.807, 2.05) is 0 Å². The molecule has 1 saturated heterocycles. The monoisotopic (exact) mass is 383 g/mol. The maximum absolute atomic E-state index is 12.5. The minimum Gasteiger partial charge on any atom is -0.456 e. The highest BCUT2D eigenvalue weighted by molar-refractivity contribution is 7.80. The maximum atomic E-state index is 12.5. The Labute approximate surface area is 158 Å². The quantitative estimate of drug-likeness (QED) is 0.212. The number of carbonyl (C=O) groups excluding carboxylic acids is 2. The molecular formula is C18H13N3O5S. The summed E-state index contributed by atoms with van der Waals surface area (Å²) in [4.78, 5) is 36.5. The van der Waals surface area contributed by atoms with E-state index in [0.29, 0.717) is 5.56 Å². The fourth-order valence-electron chi connectivity index (χ4n) is 2.55. The number of hydrogen-bond donors (Lipinski definition) is 1. The molecule has 9 heteroatoms. The van der Waals surface area contributed by atoms with Gasteiger partial charge in [-0.15, -0.1) is 6.58 Å². The molecule has 1 aromatic heterocycles. The second kappa shape index (κ2) is 7.34. The second-order valence-electron chi connectivity index (χ2n) is 5.50. The Hall–Kier alpha value is -3.59. The summed E-state index contributed by atoms with van der Waals surface area (Å²) in [7, 11) is 0. The Bertz CT molecular complexity index is 1010. The van der Waals surface area contributed by atoms with Gasteiger partial charge in [0.25, 0.3) is 17.5 Å². The molecule has 0 aliphatic carbocycles. The second-order valence-corrected chi connectivity index (χ2v) is 5.88. The van der Waals surface area contributed by atoms with Crippen molar-refractivity contribution in [2.45, 2.75) is 0 Å². The van der Waals surface area contributed by atoms with Crippen LogP contribution in [0.2, 0.25) is 0 Å². The minimum absolute atomic E-state index is 0.00194. The maximum Gasteiger partial charge on any atom is 0.280 e. The molecule has 1 aromatic carbocycles. The summed E-state index contributed by atoms with van der Waals surface area (Å²) in [5, 5.41) is 13.6. The number of carbonyl (C=O) groups is 2. The molecule has 1 fully saturated rings. The molecule has 1 aliphatic rings. The van der Waals surface area contributed by atoms with Gasteiger partial charge in [-0.1, -0.05) is 18.2 Å². The van der Waals surface area contributed by atoms with Gasteiger partial charge in [0.1, 0.15) is 17.1 Å². The largest absolute Gasteiger partial charge is 0.456 e. The Morgan fingerprint density at radius 3 is 2.70 bits per heavy atom. The summed E-state index contributed by atoms with van der Waals surface area (Å²) in [6.45, 7) is 3.70. The van der Waals surface area contributed by atoms with Crippen LogP contribution in [-0.4, -0.2) is 33.3 Å². The summed E-state index contributed by atoms with van der Waals surface area (Å²) in [6, 6.07) is 9.17. The molecule has 0 atom stereocenters. The zero-order chi connectivity index (χ0) is 19.6. The van der Waals surface area contributed by atoms with Crippen LogP contribution < -0.4 is 5.32 Å². The van der Waals surface area contributed by atoms with E-state index in [1.54, 1.807) is 18.2 Å². The minimum atomic E-state index is -0.644. The van der Waals surface area contributed by atoms with E-state index in [1.165, 1.54) is 35.3 Å². The van der Waals surface area contributed by atoms with Crippen LogP contribution in [0.4, 0.5) is 5.69 Å². The van der Waals surface area contributed by atoms with Crippen LogP contribution in [0.3, 0.4) is 0 Å². The van der Waals surface area contributed by atoms with Gasteiger partial charge in [0.2, 0.25) is 0 Å². The van der Waals surface area contributed by atoms with Crippen LogP contribution in [0.25, 0.3) is 17.4 Å². The standard InChI is InChI=1S/C18H13N3O5S/c1-2-9-20-17(23)13(16(22)19-18(20)27)10-11-7-8-15(26-11)12-5-3-4-6-14(12)21(24)25/h2-8,10H,1,9H2,(H,19,22,27). The summed E-state index contributed by atoms with van der Waals surface area (Å²) in [5.74, 6) is -0.773. The molecule has 27 heavy (non-hydrogen) atoms. The average Bonchev–Trinajstić information content (AvgIpc) is 3.10. The van der Waals surface area contributed by atoms with Gasteiger partial charge in [0.05, 0.1) is 10.5 Å². The first-order chi connectivity index (χ1) is 12.9. The molecule has 3 rings (SSSR count). The van der Waals surface area contributed by atoms with Crippen molar-refractivity contribution >= 4 is 40.9 Å². The van der Waals surface area contributed by atoms with Gasteiger partial charge in [0, 0.05) is 12.6 Å². The van der Waals surface area contributed by atoms with E-state index in [0.717, 1.165) is 0 Å². The smallest absolute Gasteiger partial charge is 0.280 e. The molecular weight excluding hydrogens is 370 g/mol. The third kappa shape index (κ3) is 3.53. The highest BCUT2D eigenvalue weighted by Crippen LogP contribution is 2.31. The highest BCUT2D eigenvalue weighted by Gasteiger charge is 2.33. The van der Waals surface area contributed by atoms with Crippen LogP contribution in [0.15, 0.2) is 59.0 Å². The zero-order valence-electron chi connectivity index (χ0n) is 13.9. The molecule has 8 nitrogen and oxygen atoms in total. The summed E-state index contributed by atoms with van der Waals surface area (Å²) >= 11 is 4.98. The number of amides is 2. The Morgan fingerprint density at radius 1 is 1.26 bits per heavy atom. The van der Waals surface area contributed by atoms with Gasteiger partial charge < -0.3 is 4.42 Å². The van der Waals surface area contributed by atoms with Crippen molar-refractivity contribution in [3.05, 3.63) is 70.5 Å². The van der Waals surface area contributed by atoms with Crippen molar-refractivity contribution in [3.8, 4) is 11.3 Å². The van der Waals surface area contributed by atoms with Crippen LogP contribution in [0.1, 0.15) is 5.76 Å². The number of nitrogens with zero attached hydrogens (tertiary/aromatic N) is 2. The average molecular weight is 383 g/mol. The molecule has 0 radical (unpaired) electrons. The predicted molar refractivity (Wildman–Crippen MR) is 101 cm³/mol. The number of nitro benzene ring substituents is 1. The lowest BCUT2D eigenvalue weighted by Crippen LogP contribution is -2.53. The van der Waals surface area contributed by atoms with Gasteiger partial charge in [-0.3, -0.25) is 29.9 Å². The van der Waals surface area contributed by atoms with Gasteiger partial charge in [0.15, 0.2) is 5.11 Å². The lowest BCUT2D eigenvalue weighted by Gasteiger charge is -2.27. The summed E-state index contributed by atoms with van der Waals surface area (Å²) in [6.07, 6.45) is 2.76. The topological polar surface area (TPSA) is 106 Å². The Kier molecular flexibility index (Phi) is 4.95. The van der Waals surface area contributed by atoms with Gasteiger partial charge in [-0.2, -0.15) is 0 Å². The SMILES string of the molecule is C=CCN1C(=O)C(=Cc2ccc(-c3ccccc3[N+](=O)[O-])o2)C(=O)NC1=S. The first-order valence-corrected chi connectivity index (χ1v) is 8.16. The van der Waals surface area contributed by atoms with Crippen LogP contribution in [0.5, 0.6) is 0 Å². The zero-order valence-corrected chi connectivity index (χ0v) is 14.7. The van der Waals surface area contributed by atoms with Crippen molar-refractivity contribution in [3.63, 3.8) is 0 Å². The molecule has 0 spiro atoms. The van der Waals surface area contributed by atoms with Crippen molar-refractivity contribution in [2.24, 2.45) is 0 Å². The lowest BCUT2D eigenvalue weighted by molar-refractivity contribution is -0.384. The van der Waals surface area contributed by atoms with Crippen LogP contribution >= 0.6 is 12.2 Å². The third-order valence-electron chi connectivity index (χ3n) is 3.78. The van der Waals surface area contributed by atoms with Gasteiger partial charge >= 0.3 is 0 Å². The number of benzene rings is 1. The third-order valence-corrected chi connectivity index (χ3v) is 4.10. The molecule has 136 valence electrons. The molecule has 0 saturated carbocycles. The molecule has 2 amide bonds. The van der Waals surface area contributed by atoms with E-state index >= 15 is 0 Å². The van der Waals surface area contributed by atoms with E-state index in [2.05, 4.69) is 11.9 Å². The highest BCUT2D eigenvalue weighted by atomic mass is 32.1. The van der Waals surface area contributed by atoms with Crippen molar-refractivity contribution in [1.82, 2.24) is 10.2 Å².